The summed E-state index contributed by atoms with van der Waals surface area (Å²) >= 11 is 5.85. The monoisotopic (exact) mass is 306 g/mol. The zero-order valence-corrected chi connectivity index (χ0v) is 12.1. The molecule has 7 heteroatoms. The fourth-order valence-corrected chi connectivity index (χ4v) is 4.25. The van der Waals surface area contributed by atoms with Crippen LogP contribution < -0.4 is 5.73 Å². The highest BCUT2D eigenvalue weighted by Gasteiger charge is 2.38. The SMILES string of the molecule is CCCN(C1CC1)S(=O)(=O)c1cc(N)c(F)cc1Cl. The molecule has 0 spiro atoms. The first-order valence-electron chi connectivity index (χ1n) is 6.14. The predicted octanol–water partition coefficient (Wildman–Crippen LogP) is 2.62. The number of hydrogen-bond donors (Lipinski definition) is 1. The summed E-state index contributed by atoms with van der Waals surface area (Å²) in [5.41, 5.74) is 5.22. The van der Waals surface area contributed by atoms with Crippen molar-refractivity contribution in [2.75, 3.05) is 12.3 Å². The van der Waals surface area contributed by atoms with Crippen molar-refractivity contribution in [3.8, 4) is 0 Å². The molecule has 0 heterocycles. The summed E-state index contributed by atoms with van der Waals surface area (Å²) in [6.45, 7) is 2.34. The first-order valence-corrected chi connectivity index (χ1v) is 7.96. The van der Waals surface area contributed by atoms with Crippen LogP contribution in [0.1, 0.15) is 26.2 Å². The number of nitrogens with zero attached hydrogens (tertiary/aromatic N) is 1. The zero-order chi connectivity index (χ0) is 14.2. The lowest BCUT2D eigenvalue weighted by Crippen LogP contribution is -2.34. The van der Waals surface area contributed by atoms with E-state index in [2.05, 4.69) is 0 Å². The summed E-state index contributed by atoms with van der Waals surface area (Å²) in [5, 5.41) is -0.131. The molecule has 2 N–H and O–H groups in total. The molecule has 106 valence electrons. The molecule has 0 bridgehead atoms. The van der Waals surface area contributed by atoms with Crippen LogP contribution in [0.3, 0.4) is 0 Å². The Morgan fingerprint density at radius 3 is 2.63 bits per heavy atom. The number of halogens is 2. The Balaban J connectivity index is 2.46. The highest BCUT2D eigenvalue weighted by Crippen LogP contribution is 2.35. The molecule has 1 aliphatic carbocycles. The minimum Gasteiger partial charge on any atom is -0.396 e. The molecular weight excluding hydrogens is 291 g/mol. The van der Waals surface area contributed by atoms with Gasteiger partial charge in [-0.2, -0.15) is 4.31 Å². The molecule has 1 saturated carbocycles. The third-order valence-corrected chi connectivity index (χ3v) is 5.45. The van der Waals surface area contributed by atoms with Gasteiger partial charge in [0, 0.05) is 12.6 Å². The van der Waals surface area contributed by atoms with Crippen molar-refractivity contribution in [1.82, 2.24) is 4.31 Å². The Morgan fingerprint density at radius 2 is 2.11 bits per heavy atom. The van der Waals surface area contributed by atoms with Crippen LogP contribution in [-0.4, -0.2) is 25.3 Å². The summed E-state index contributed by atoms with van der Waals surface area (Å²) in [4.78, 5) is -0.117. The minimum absolute atomic E-state index is 0.0345. The van der Waals surface area contributed by atoms with Gasteiger partial charge in [0.25, 0.3) is 0 Å². The first kappa shape index (κ1) is 14.6. The van der Waals surface area contributed by atoms with Gasteiger partial charge in [-0.25, -0.2) is 12.8 Å². The largest absolute Gasteiger partial charge is 0.396 e. The molecule has 0 aromatic heterocycles. The second-order valence-corrected chi connectivity index (χ2v) is 6.92. The van der Waals surface area contributed by atoms with Gasteiger partial charge in [-0.05, 0) is 31.4 Å². The summed E-state index contributed by atoms with van der Waals surface area (Å²) in [7, 11) is -3.72. The van der Waals surface area contributed by atoms with Crippen molar-refractivity contribution in [1.29, 1.82) is 0 Å². The number of nitrogen functional groups attached to an aromatic ring is 1. The molecule has 1 aromatic rings. The summed E-state index contributed by atoms with van der Waals surface area (Å²) in [6, 6.07) is 2.08. The van der Waals surface area contributed by atoms with Crippen molar-refractivity contribution in [2.24, 2.45) is 0 Å². The lowest BCUT2D eigenvalue weighted by molar-refractivity contribution is 0.403. The van der Waals surface area contributed by atoms with Crippen LogP contribution in [0.5, 0.6) is 0 Å². The molecule has 19 heavy (non-hydrogen) atoms. The lowest BCUT2D eigenvalue weighted by Gasteiger charge is -2.22. The van der Waals surface area contributed by atoms with Gasteiger partial charge in [0.05, 0.1) is 10.7 Å². The van der Waals surface area contributed by atoms with Gasteiger partial charge < -0.3 is 5.73 Å². The average Bonchev–Trinajstić information content (AvgIpc) is 3.14. The van der Waals surface area contributed by atoms with Gasteiger partial charge in [0.2, 0.25) is 10.0 Å². The maximum absolute atomic E-state index is 13.2. The summed E-state index contributed by atoms with van der Waals surface area (Å²) in [5.74, 6) is -0.711. The Kier molecular flexibility index (Phi) is 4.03. The van der Waals surface area contributed by atoms with Crippen molar-refractivity contribution in [2.45, 2.75) is 37.1 Å². The van der Waals surface area contributed by atoms with Gasteiger partial charge >= 0.3 is 0 Å². The fraction of sp³-hybridized carbons (Fsp3) is 0.500. The van der Waals surface area contributed by atoms with Crippen molar-refractivity contribution in [3.05, 3.63) is 23.0 Å². The molecule has 0 unspecified atom stereocenters. The number of hydrogen-bond acceptors (Lipinski definition) is 3. The van der Waals surface area contributed by atoms with E-state index in [1.807, 2.05) is 6.92 Å². The number of sulfonamides is 1. The maximum Gasteiger partial charge on any atom is 0.244 e. The smallest absolute Gasteiger partial charge is 0.244 e. The molecule has 1 aliphatic rings. The molecule has 0 atom stereocenters. The average molecular weight is 307 g/mol. The van der Waals surface area contributed by atoms with Crippen LogP contribution in [0.4, 0.5) is 10.1 Å². The van der Waals surface area contributed by atoms with E-state index in [0.29, 0.717) is 13.0 Å². The van der Waals surface area contributed by atoms with Gasteiger partial charge in [-0.3, -0.25) is 0 Å². The summed E-state index contributed by atoms with van der Waals surface area (Å²) < 4.78 is 39.8. The number of nitrogens with two attached hydrogens (primary N) is 1. The fourth-order valence-electron chi connectivity index (χ4n) is 1.95. The van der Waals surface area contributed by atoms with E-state index >= 15 is 0 Å². The van der Waals surface area contributed by atoms with Crippen LogP contribution in [0.25, 0.3) is 0 Å². The molecule has 0 amide bonds. The van der Waals surface area contributed by atoms with E-state index in [0.717, 1.165) is 25.0 Å². The second kappa shape index (κ2) is 5.26. The zero-order valence-electron chi connectivity index (χ0n) is 10.6. The van der Waals surface area contributed by atoms with Crippen LogP contribution in [-0.2, 0) is 10.0 Å². The minimum atomic E-state index is -3.72. The quantitative estimate of drug-likeness (QED) is 0.851. The Bertz CT molecular complexity index is 588. The molecule has 0 saturated heterocycles. The number of anilines is 1. The number of rotatable bonds is 5. The Hall–Kier alpha value is -0.850. The third-order valence-electron chi connectivity index (χ3n) is 3.04. The first-order chi connectivity index (χ1) is 8.87. The van der Waals surface area contributed by atoms with E-state index in [1.54, 1.807) is 0 Å². The van der Waals surface area contributed by atoms with Crippen LogP contribution in [0, 0.1) is 5.82 Å². The van der Waals surface area contributed by atoms with Crippen molar-refractivity contribution >= 4 is 27.3 Å². The molecule has 0 radical (unpaired) electrons. The maximum atomic E-state index is 13.2. The van der Waals surface area contributed by atoms with Crippen LogP contribution >= 0.6 is 11.6 Å². The highest BCUT2D eigenvalue weighted by atomic mass is 35.5. The number of benzene rings is 1. The second-order valence-electron chi connectivity index (χ2n) is 4.65. The van der Waals surface area contributed by atoms with E-state index in [4.69, 9.17) is 17.3 Å². The molecule has 1 fully saturated rings. The van der Waals surface area contributed by atoms with E-state index in [-0.39, 0.29) is 21.6 Å². The molecular formula is C12H16ClFN2O2S. The molecule has 4 nitrogen and oxygen atoms in total. The molecule has 1 aromatic carbocycles. The van der Waals surface area contributed by atoms with E-state index in [9.17, 15) is 12.8 Å². The molecule has 0 aliphatic heterocycles. The standard InChI is InChI=1S/C12H16ClFN2O2S/c1-2-5-16(8-3-4-8)19(17,18)12-7-11(15)10(14)6-9(12)13/h6-8H,2-5,15H2,1H3. The van der Waals surface area contributed by atoms with E-state index < -0.39 is 15.8 Å². The van der Waals surface area contributed by atoms with Crippen molar-refractivity contribution in [3.63, 3.8) is 0 Å². The topological polar surface area (TPSA) is 63.4 Å². The third kappa shape index (κ3) is 2.85. The molecule has 2 rings (SSSR count). The Labute approximate surface area is 117 Å². The van der Waals surface area contributed by atoms with Gasteiger partial charge in [0.15, 0.2) is 0 Å². The van der Waals surface area contributed by atoms with Gasteiger partial charge in [-0.15, -0.1) is 0 Å². The van der Waals surface area contributed by atoms with Gasteiger partial charge in [0.1, 0.15) is 10.7 Å². The predicted molar refractivity (Wildman–Crippen MR) is 73.0 cm³/mol. The van der Waals surface area contributed by atoms with E-state index in [1.165, 1.54) is 4.31 Å². The van der Waals surface area contributed by atoms with Crippen LogP contribution in [0.2, 0.25) is 5.02 Å². The Morgan fingerprint density at radius 1 is 1.47 bits per heavy atom. The summed E-state index contributed by atoms with van der Waals surface area (Å²) in [6.07, 6.45) is 2.42. The lowest BCUT2D eigenvalue weighted by atomic mass is 10.3. The normalized spacial score (nSPS) is 16.0. The van der Waals surface area contributed by atoms with Crippen molar-refractivity contribution < 1.29 is 12.8 Å². The van der Waals surface area contributed by atoms with Gasteiger partial charge in [-0.1, -0.05) is 18.5 Å². The highest BCUT2D eigenvalue weighted by molar-refractivity contribution is 7.89. The van der Waals surface area contributed by atoms with Crippen LogP contribution in [0.15, 0.2) is 17.0 Å².